The number of likely N-dealkylation sites (N-methyl/N-ethyl adjacent to an activating group) is 1. The van der Waals surface area contributed by atoms with Gasteiger partial charge in [0, 0.05) is 25.2 Å². The fourth-order valence-electron chi connectivity index (χ4n) is 2.60. The summed E-state index contributed by atoms with van der Waals surface area (Å²) in [7, 11) is 3.88. The number of rotatable bonds is 5. The van der Waals surface area contributed by atoms with Gasteiger partial charge in [0.1, 0.15) is 0 Å². The highest BCUT2D eigenvalue weighted by Gasteiger charge is 2.46. The van der Waals surface area contributed by atoms with E-state index in [1.54, 1.807) is 0 Å². The van der Waals surface area contributed by atoms with Gasteiger partial charge in [-0.3, -0.25) is 0 Å². The summed E-state index contributed by atoms with van der Waals surface area (Å²) in [5.74, 6) is -1.21. The van der Waals surface area contributed by atoms with Gasteiger partial charge >= 0.3 is 6.18 Å². The first-order valence-electron chi connectivity index (χ1n) is 6.46. The van der Waals surface area contributed by atoms with Crippen LogP contribution in [-0.2, 0) is 0 Å². The van der Waals surface area contributed by atoms with Crippen LogP contribution < -0.4 is 11.1 Å². The minimum Gasteiger partial charge on any atom is -0.329 e. The monoisotopic (exact) mass is 267 g/mol. The molecule has 1 aliphatic carbocycles. The summed E-state index contributed by atoms with van der Waals surface area (Å²) < 4.78 is 38.4. The lowest BCUT2D eigenvalue weighted by molar-refractivity contribution is -0.188. The SMILES string of the molecule is CN(C)CCNC1(CN)CCCC(C(F)(F)F)C1. The number of nitrogens with one attached hydrogen (secondary N) is 1. The summed E-state index contributed by atoms with van der Waals surface area (Å²) >= 11 is 0. The van der Waals surface area contributed by atoms with Crippen LogP contribution in [0.1, 0.15) is 25.7 Å². The smallest absolute Gasteiger partial charge is 0.329 e. The van der Waals surface area contributed by atoms with Crippen LogP contribution in [-0.4, -0.2) is 50.3 Å². The standard InChI is InChI=1S/C12H24F3N3/c1-18(2)7-6-17-11(9-16)5-3-4-10(8-11)12(13,14)15/h10,17H,3-9,16H2,1-2H3. The minimum atomic E-state index is -4.09. The molecule has 0 aliphatic heterocycles. The predicted molar refractivity (Wildman–Crippen MR) is 66.4 cm³/mol. The van der Waals surface area contributed by atoms with E-state index in [-0.39, 0.29) is 19.4 Å². The van der Waals surface area contributed by atoms with Crippen molar-refractivity contribution in [1.29, 1.82) is 0 Å². The molecule has 18 heavy (non-hydrogen) atoms. The van der Waals surface area contributed by atoms with Gasteiger partial charge in [-0.05, 0) is 33.4 Å². The Morgan fingerprint density at radius 2 is 2.06 bits per heavy atom. The Kier molecular flexibility index (Phi) is 5.43. The van der Waals surface area contributed by atoms with Gasteiger partial charge in [0.15, 0.2) is 0 Å². The van der Waals surface area contributed by atoms with Gasteiger partial charge in [-0.2, -0.15) is 13.2 Å². The summed E-state index contributed by atoms with van der Waals surface area (Å²) in [6.45, 7) is 1.75. The van der Waals surface area contributed by atoms with Crippen molar-refractivity contribution >= 4 is 0 Å². The maximum absolute atomic E-state index is 12.8. The van der Waals surface area contributed by atoms with E-state index in [4.69, 9.17) is 5.73 Å². The molecule has 0 heterocycles. The van der Waals surface area contributed by atoms with E-state index in [1.165, 1.54) is 0 Å². The number of alkyl halides is 3. The van der Waals surface area contributed by atoms with Crippen LogP contribution in [0.5, 0.6) is 0 Å². The Labute approximate surface area is 107 Å². The molecule has 1 aliphatic rings. The third-order valence-electron chi connectivity index (χ3n) is 3.76. The van der Waals surface area contributed by atoms with Crippen LogP contribution in [0.3, 0.4) is 0 Å². The van der Waals surface area contributed by atoms with Gasteiger partial charge in [-0.25, -0.2) is 0 Å². The largest absolute Gasteiger partial charge is 0.391 e. The second kappa shape index (κ2) is 6.21. The quantitative estimate of drug-likeness (QED) is 0.795. The third-order valence-corrected chi connectivity index (χ3v) is 3.76. The van der Waals surface area contributed by atoms with Crippen LogP contribution in [0.2, 0.25) is 0 Å². The predicted octanol–water partition coefficient (Wildman–Crippen LogP) is 1.59. The van der Waals surface area contributed by atoms with Gasteiger partial charge < -0.3 is 16.0 Å². The van der Waals surface area contributed by atoms with Crippen LogP contribution in [0.25, 0.3) is 0 Å². The van der Waals surface area contributed by atoms with Crippen molar-refractivity contribution in [3.05, 3.63) is 0 Å². The molecule has 0 amide bonds. The van der Waals surface area contributed by atoms with Crippen molar-refractivity contribution in [2.24, 2.45) is 11.7 Å². The van der Waals surface area contributed by atoms with Crippen molar-refractivity contribution in [1.82, 2.24) is 10.2 Å². The number of nitrogens with two attached hydrogens (primary N) is 1. The maximum atomic E-state index is 12.8. The van der Waals surface area contributed by atoms with Gasteiger partial charge in [-0.1, -0.05) is 6.42 Å². The summed E-state index contributed by atoms with van der Waals surface area (Å²) in [5.41, 5.74) is 5.18. The molecule has 0 saturated heterocycles. The van der Waals surface area contributed by atoms with Gasteiger partial charge in [0.2, 0.25) is 0 Å². The lowest BCUT2D eigenvalue weighted by atomic mass is 9.75. The molecule has 0 aromatic heterocycles. The van der Waals surface area contributed by atoms with E-state index in [0.717, 1.165) is 13.0 Å². The fourth-order valence-corrected chi connectivity index (χ4v) is 2.60. The van der Waals surface area contributed by atoms with Gasteiger partial charge in [0.25, 0.3) is 0 Å². The van der Waals surface area contributed by atoms with E-state index >= 15 is 0 Å². The van der Waals surface area contributed by atoms with Gasteiger partial charge in [0.05, 0.1) is 5.92 Å². The first-order valence-corrected chi connectivity index (χ1v) is 6.46. The topological polar surface area (TPSA) is 41.3 Å². The van der Waals surface area contributed by atoms with Crippen molar-refractivity contribution in [2.75, 3.05) is 33.7 Å². The Bertz CT molecular complexity index is 255. The molecule has 3 nitrogen and oxygen atoms in total. The molecule has 0 aromatic carbocycles. The Hall–Kier alpha value is -0.330. The molecular formula is C12H24F3N3. The van der Waals surface area contributed by atoms with E-state index in [0.29, 0.717) is 13.0 Å². The molecular weight excluding hydrogens is 243 g/mol. The van der Waals surface area contributed by atoms with Crippen LogP contribution >= 0.6 is 0 Å². The zero-order chi connectivity index (χ0) is 13.8. The number of halogens is 3. The van der Waals surface area contributed by atoms with E-state index in [9.17, 15) is 13.2 Å². The van der Waals surface area contributed by atoms with E-state index in [1.807, 2.05) is 19.0 Å². The number of nitrogens with zero attached hydrogens (tertiary/aromatic N) is 1. The normalized spacial score (nSPS) is 29.8. The molecule has 1 rings (SSSR count). The zero-order valence-corrected chi connectivity index (χ0v) is 11.2. The number of hydrogen-bond acceptors (Lipinski definition) is 3. The van der Waals surface area contributed by atoms with Crippen LogP contribution in [0.15, 0.2) is 0 Å². The molecule has 1 saturated carbocycles. The second-order valence-corrected chi connectivity index (χ2v) is 5.55. The average Bonchev–Trinajstić information content (AvgIpc) is 2.28. The van der Waals surface area contributed by atoms with Crippen molar-refractivity contribution in [3.63, 3.8) is 0 Å². The molecule has 0 spiro atoms. The molecule has 0 bridgehead atoms. The molecule has 0 aromatic rings. The molecule has 3 N–H and O–H groups in total. The molecule has 6 heteroatoms. The Balaban J connectivity index is 2.57. The van der Waals surface area contributed by atoms with E-state index in [2.05, 4.69) is 5.32 Å². The summed E-state index contributed by atoms with van der Waals surface area (Å²) in [4.78, 5) is 2.00. The summed E-state index contributed by atoms with van der Waals surface area (Å²) in [6.07, 6.45) is -2.41. The fraction of sp³-hybridized carbons (Fsp3) is 1.00. The Morgan fingerprint density at radius 1 is 1.39 bits per heavy atom. The summed E-state index contributed by atoms with van der Waals surface area (Å²) in [6, 6.07) is 0. The third kappa shape index (κ3) is 4.40. The van der Waals surface area contributed by atoms with Crippen molar-refractivity contribution in [2.45, 2.75) is 37.4 Å². The highest BCUT2D eigenvalue weighted by atomic mass is 19.4. The lowest BCUT2D eigenvalue weighted by Gasteiger charge is -2.42. The minimum absolute atomic E-state index is 0.112. The second-order valence-electron chi connectivity index (χ2n) is 5.55. The summed E-state index contributed by atoms with van der Waals surface area (Å²) in [5, 5.41) is 3.25. The zero-order valence-electron chi connectivity index (χ0n) is 11.2. The maximum Gasteiger partial charge on any atom is 0.391 e. The molecule has 0 radical (unpaired) electrons. The van der Waals surface area contributed by atoms with Crippen molar-refractivity contribution in [3.8, 4) is 0 Å². The van der Waals surface area contributed by atoms with Crippen molar-refractivity contribution < 1.29 is 13.2 Å². The molecule has 1 fully saturated rings. The van der Waals surface area contributed by atoms with Gasteiger partial charge in [-0.15, -0.1) is 0 Å². The number of hydrogen-bond donors (Lipinski definition) is 2. The van der Waals surface area contributed by atoms with Crippen LogP contribution in [0, 0.1) is 5.92 Å². The first kappa shape index (κ1) is 15.7. The Morgan fingerprint density at radius 3 is 2.56 bits per heavy atom. The highest BCUT2D eigenvalue weighted by Crippen LogP contribution is 2.41. The van der Waals surface area contributed by atoms with Crippen LogP contribution in [0.4, 0.5) is 13.2 Å². The van der Waals surface area contributed by atoms with E-state index < -0.39 is 17.6 Å². The highest BCUT2D eigenvalue weighted by molar-refractivity contribution is 4.96. The lowest BCUT2D eigenvalue weighted by Crippen LogP contribution is -2.56. The average molecular weight is 267 g/mol. The molecule has 108 valence electrons. The first-order chi connectivity index (χ1) is 8.29. The molecule has 2 unspecified atom stereocenters. The molecule has 2 atom stereocenters.